The van der Waals surface area contributed by atoms with E-state index < -0.39 is 0 Å². The molecule has 0 aliphatic heterocycles. The Morgan fingerprint density at radius 3 is 1.45 bits per heavy atom. The molecule has 0 bridgehead atoms. The Labute approximate surface area is 74.3 Å². The molecule has 0 nitrogen and oxygen atoms in total. The third kappa shape index (κ3) is 9.31. The third-order valence-corrected chi connectivity index (χ3v) is 1.31. The first-order chi connectivity index (χ1) is 5.41. The Hall–Kier alpha value is -0.690. The lowest BCUT2D eigenvalue weighted by Crippen LogP contribution is -1.61. The molecule has 1 aromatic rings. The molecule has 60 valence electrons. The van der Waals surface area contributed by atoms with Gasteiger partial charge < -0.3 is 0 Å². The average molecular weight is 166 g/mol. The first-order valence-electron chi connectivity index (χ1n) is 3.85. The lowest BCUT2D eigenvalue weighted by atomic mass is 10.4. The molecule has 1 aromatic carbocycles. The predicted molar refractivity (Wildman–Crippen MR) is 55.0 cm³/mol. The summed E-state index contributed by atoms with van der Waals surface area (Å²) in [6.07, 6.45) is 2.26. The van der Waals surface area contributed by atoms with Crippen LogP contribution in [0.25, 0.3) is 0 Å². The molecule has 0 N–H and O–H groups in total. The number of unbranched alkanes of at least 4 members (excludes halogenated alkanes) is 1. The molecule has 0 saturated heterocycles. The molecule has 1 heteroatoms. The maximum absolute atomic E-state index is 4.53. The maximum Gasteiger partial charge on any atom is -0.0211 e. The van der Waals surface area contributed by atoms with Crippen LogP contribution in [0.5, 0.6) is 0 Å². The topological polar surface area (TPSA) is 0 Å². The van der Waals surface area contributed by atoms with Gasteiger partial charge in [0.1, 0.15) is 0 Å². The smallest absolute Gasteiger partial charge is 0.0211 e. The number of benzene rings is 1. The van der Waals surface area contributed by atoms with Gasteiger partial charge in [-0.1, -0.05) is 62.0 Å². The molecular formula is C10H14S. The Kier molecular flexibility index (Phi) is 8.73. The van der Waals surface area contributed by atoms with Crippen LogP contribution in [0, 0.1) is 0 Å². The molecule has 0 aliphatic carbocycles. The highest BCUT2D eigenvalue weighted by Gasteiger charge is 1.63. The Morgan fingerprint density at radius 2 is 1.36 bits per heavy atom. The molecule has 11 heavy (non-hydrogen) atoms. The van der Waals surface area contributed by atoms with Crippen LogP contribution >= 0.6 is 12.2 Å². The zero-order valence-corrected chi connectivity index (χ0v) is 7.68. The highest BCUT2D eigenvalue weighted by atomic mass is 32.1. The molecule has 0 saturated carbocycles. The molecule has 0 aliphatic rings. The highest BCUT2D eigenvalue weighted by Crippen LogP contribution is 1.80. The second-order valence-electron chi connectivity index (χ2n) is 2.11. The summed E-state index contributed by atoms with van der Waals surface area (Å²) in [4.78, 5) is 0. The standard InChI is InChI=1S/C6H6.C4H8S/c1-2-4-6-5-3-1;1-2-3-4-5/h1-6H;4H,2-3H2,1H3. The van der Waals surface area contributed by atoms with Crippen LogP contribution < -0.4 is 0 Å². The van der Waals surface area contributed by atoms with E-state index in [0.29, 0.717) is 0 Å². The van der Waals surface area contributed by atoms with Crippen molar-refractivity contribution in [2.24, 2.45) is 0 Å². The second kappa shape index (κ2) is 9.31. The van der Waals surface area contributed by atoms with Gasteiger partial charge in [-0.15, -0.1) is 0 Å². The highest BCUT2D eigenvalue weighted by molar-refractivity contribution is 7.78. The van der Waals surface area contributed by atoms with Crippen molar-refractivity contribution in [3.8, 4) is 0 Å². The summed E-state index contributed by atoms with van der Waals surface area (Å²) in [5, 5.41) is 1.76. The summed E-state index contributed by atoms with van der Waals surface area (Å²) in [6.45, 7) is 2.11. The minimum atomic E-state index is 1.08. The Bertz CT molecular complexity index is 131. The van der Waals surface area contributed by atoms with Gasteiger partial charge in [0.25, 0.3) is 0 Å². The van der Waals surface area contributed by atoms with Gasteiger partial charge in [-0.05, 0) is 11.8 Å². The molecule has 0 spiro atoms. The minimum absolute atomic E-state index is 1.08. The molecule has 0 radical (unpaired) electrons. The zero-order chi connectivity index (χ0) is 8.36. The van der Waals surface area contributed by atoms with E-state index in [-0.39, 0.29) is 0 Å². The van der Waals surface area contributed by atoms with Gasteiger partial charge in [-0.25, -0.2) is 0 Å². The lowest BCUT2D eigenvalue weighted by Gasteiger charge is -1.71. The molecule has 0 aromatic heterocycles. The van der Waals surface area contributed by atoms with Gasteiger partial charge >= 0.3 is 0 Å². The van der Waals surface area contributed by atoms with Gasteiger partial charge in [-0.2, -0.15) is 0 Å². The summed E-state index contributed by atoms with van der Waals surface area (Å²) in [7, 11) is 0. The fourth-order valence-electron chi connectivity index (χ4n) is 0.503. The molecular weight excluding hydrogens is 152 g/mol. The third-order valence-electron chi connectivity index (χ3n) is 1.07. The Morgan fingerprint density at radius 1 is 1.00 bits per heavy atom. The summed E-state index contributed by atoms with van der Waals surface area (Å²) in [5.74, 6) is 0. The fourth-order valence-corrected chi connectivity index (χ4v) is 0.738. The van der Waals surface area contributed by atoms with Crippen LogP contribution in [0.4, 0.5) is 0 Å². The van der Waals surface area contributed by atoms with E-state index in [9.17, 15) is 0 Å². The largest absolute Gasteiger partial charge is 0.0935 e. The van der Waals surface area contributed by atoms with E-state index in [4.69, 9.17) is 0 Å². The van der Waals surface area contributed by atoms with Crippen LogP contribution in [0.15, 0.2) is 36.4 Å². The van der Waals surface area contributed by atoms with E-state index in [1.807, 2.05) is 36.4 Å². The normalized spacial score (nSPS) is 7.73. The molecule has 1 rings (SSSR count). The summed E-state index contributed by atoms with van der Waals surface area (Å²) in [6, 6.07) is 12.0. The van der Waals surface area contributed by atoms with Crippen LogP contribution in [0.3, 0.4) is 0 Å². The molecule has 0 amide bonds. The number of hydrogen-bond donors (Lipinski definition) is 0. The molecule has 0 unspecified atom stereocenters. The predicted octanol–water partition coefficient (Wildman–Crippen LogP) is 3.47. The first kappa shape index (κ1) is 10.3. The number of rotatable bonds is 2. The van der Waals surface area contributed by atoms with E-state index in [1.54, 1.807) is 5.37 Å². The SMILES string of the molecule is CCCC=S.c1ccccc1. The van der Waals surface area contributed by atoms with Crippen molar-refractivity contribution >= 4 is 17.6 Å². The summed E-state index contributed by atoms with van der Waals surface area (Å²) in [5.41, 5.74) is 0. The number of hydrogen-bond acceptors (Lipinski definition) is 1. The average Bonchev–Trinajstić information content (AvgIpc) is 2.10. The van der Waals surface area contributed by atoms with Gasteiger partial charge in [0, 0.05) is 0 Å². The molecule has 0 fully saturated rings. The number of thiocarbonyl (C=S) groups is 1. The van der Waals surface area contributed by atoms with Crippen molar-refractivity contribution in [2.75, 3.05) is 0 Å². The van der Waals surface area contributed by atoms with Crippen molar-refractivity contribution in [3.05, 3.63) is 36.4 Å². The van der Waals surface area contributed by atoms with Crippen molar-refractivity contribution in [1.29, 1.82) is 0 Å². The lowest BCUT2D eigenvalue weighted by molar-refractivity contribution is 1.02. The van der Waals surface area contributed by atoms with Crippen molar-refractivity contribution < 1.29 is 0 Å². The van der Waals surface area contributed by atoms with Gasteiger partial charge in [0.05, 0.1) is 0 Å². The molecule has 0 heterocycles. The quantitative estimate of drug-likeness (QED) is 0.606. The summed E-state index contributed by atoms with van der Waals surface area (Å²) >= 11 is 4.53. The van der Waals surface area contributed by atoms with E-state index in [0.717, 1.165) is 6.42 Å². The van der Waals surface area contributed by atoms with Gasteiger partial charge in [0.15, 0.2) is 0 Å². The van der Waals surface area contributed by atoms with E-state index in [2.05, 4.69) is 19.1 Å². The van der Waals surface area contributed by atoms with Crippen molar-refractivity contribution in [2.45, 2.75) is 19.8 Å². The van der Waals surface area contributed by atoms with Crippen LogP contribution in [0.2, 0.25) is 0 Å². The first-order valence-corrected chi connectivity index (χ1v) is 4.32. The maximum atomic E-state index is 4.53. The van der Waals surface area contributed by atoms with Crippen LogP contribution in [0.1, 0.15) is 19.8 Å². The van der Waals surface area contributed by atoms with Crippen LogP contribution in [-0.4, -0.2) is 5.37 Å². The van der Waals surface area contributed by atoms with E-state index >= 15 is 0 Å². The van der Waals surface area contributed by atoms with Gasteiger partial charge in [-0.3, -0.25) is 0 Å². The fraction of sp³-hybridized carbons (Fsp3) is 0.300. The zero-order valence-electron chi connectivity index (χ0n) is 6.86. The van der Waals surface area contributed by atoms with Gasteiger partial charge in [0.2, 0.25) is 0 Å². The second-order valence-corrected chi connectivity index (χ2v) is 2.44. The minimum Gasteiger partial charge on any atom is -0.0935 e. The monoisotopic (exact) mass is 166 g/mol. The Balaban J connectivity index is 0.000000187. The van der Waals surface area contributed by atoms with E-state index in [1.165, 1.54) is 6.42 Å². The van der Waals surface area contributed by atoms with Crippen molar-refractivity contribution in [3.63, 3.8) is 0 Å². The van der Waals surface area contributed by atoms with Crippen molar-refractivity contribution in [1.82, 2.24) is 0 Å². The molecule has 0 atom stereocenters. The van der Waals surface area contributed by atoms with Crippen LogP contribution in [-0.2, 0) is 0 Å². The summed E-state index contributed by atoms with van der Waals surface area (Å²) < 4.78 is 0.